The third-order valence-corrected chi connectivity index (χ3v) is 4.39. The first-order valence-corrected chi connectivity index (χ1v) is 7.54. The topological polar surface area (TPSA) is 64.1 Å². The van der Waals surface area contributed by atoms with Crippen LogP contribution in [0, 0.1) is 0 Å². The molecule has 108 valence electrons. The second kappa shape index (κ2) is 5.19. The second-order valence-corrected chi connectivity index (χ2v) is 6.04. The molecular formula is C16H23N3O. The molecule has 1 aliphatic carbocycles. The van der Waals surface area contributed by atoms with Crippen molar-refractivity contribution >= 4 is 10.9 Å². The molecule has 4 nitrogen and oxygen atoms in total. The van der Waals surface area contributed by atoms with E-state index in [0.29, 0.717) is 12.8 Å². The SMILES string of the molecule is CCn1nc(CC2(O)CCCC(N)C2)c2ccccc21. The van der Waals surface area contributed by atoms with E-state index in [0.717, 1.165) is 42.4 Å². The number of benzene rings is 1. The van der Waals surface area contributed by atoms with Gasteiger partial charge >= 0.3 is 0 Å². The zero-order valence-electron chi connectivity index (χ0n) is 12.0. The molecule has 2 atom stereocenters. The van der Waals surface area contributed by atoms with E-state index in [2.05, 4.69) is 24.2 Å². The van der Waals surface area contributed by atoms with Crippen molar-refractivity contribution in [3.63, 3.8) is 0 Å². The Kier molecular flexibility index (Phi) is 3.52. The zero-order valence-corrected chi connectivity index (χ0v) is 12.0. The molecule has 4 heteroatoms. The van der Waals surface area contributed by atoms with Gasteiger partial charge in [0.2, 0.25) is 0 Å². The van der Waals surface area contributed by atoms with E-state index in [-0.39, 0.29) is 6.04 Å². The number of hydrogen-bond donors (Lipinski definition) is 2. The maximum absolute atomic E-state index is 10.8. The second-order valence-electron chi connectivity index (χ2n) is 6.04. The van der Waals surface area contributed by atoms with Crippen molar-refractivity contribution in [2.75, 3.05) is 0 Å². The van der Waals surface area contributed by atoms with E-state index in [1.54, 1.807) is 0 Å². The van der Waals surface area contributed by atoms with Gasteiger partial charge in [-0.05, 0) is 38.7 Å². The Morgan fingerprint density at radius 2 is 2.25 bits per heavy atom. The van der Waals surface area contributed by atoms with Crippen molar-refractivity contribution in [1.82, 2.24) is 9.78 Å². The Morgan fingerprint density at radius 1 is 1.45 bits per heavy atom. The van der Waals surface area contributed by atoms with Crippen LogP contribution in [0.15, 0.2) is 24.3 Å². The van der Waals surface area contributed by atoms with Crippen LogP contribution in [0.1, 0.15) is 38.3 Å². The average molecular weight is 273 g/mol. The summed E-state index contributed by atoms with van der Waals surface area (Å²) >= 11 is 0. The number of rotatable bonds is 3. The van der Waals surface area contributed by atoms with Gasteiger partial charge in [0.15, 0.2) is 0 Å². The van der Waals surface area contributed by atoms with Crippen LogP contribution in [0.4, 0.5) is 0 Å². The molecule has 3 rings (SSSR count). The summed E-state index contributed by atoms with van der Waals surface area (Å²) in [6.07, 6.45) is 4.14. The van der Waals surface area contributed by atoms with Gasteiger partial charge in [-0.15, -0.1) is 0 Å². The maximum atomic E-state index is 10.8. The molecular weight excluding hydrogens is 250 g/mol. The first kappa shape index (κ1) is 13.6. The summed E-state index contributed by atoms with van der Waals surface area (Å²) in [5.41, 5.74) is 7.48. The Labute approximate surface area is 119 Å². The smallest absolute Gasteiger partial charge is 0.0732 e. The Morgan fingerprint density at radius 3 is 3.00 bits per heavy atom. The third-order valence-electron chi connectivity index (χ3n) is 4.39. The molecule has 2 unspecified atom stereocenters. The predicted octanol–water partition coefficient (Wildman–Crippen LogP) is 2.23. The van der Waals surface area contributed by atoms with Crippen LogP contribution in [0.2, 0.25) is 0 Å². The van der Waals surface area contributed by atoms with E-state index in [1.807, 2.05) is 16.8 Å². The highest BCUT2D eigenvalue weighted by atomic mass is 16.3. The van der Waals surface area contributed by atoms with Gasteiger partial charge in [0.1, 0.15) is 0 Å². The monoisotopic (exact) mass is 273 g/mol. The lowest BCUT2D eigenvalue weighted by Crippen LogP contribution is -2.42. The standard InChI is InChI=1S/C16H23N3O/c1-2-19-15-8-4-3-7-13(15)14(18-19)11-16(20)9-5-6-12(17)10-16/h3-4,7-8,12,20H,2,5-6,9-11,17H2,1H3. The molecule has 0 radical (unpaired) electrons. The molecule has 0 aliphatic heterocycles. The zero-order chi connectivity index (χ0) is 14.2. The van der Waals surface area contributed by atoms with Crippen LogP contribution in [0.25, 0.3) is 10.9 Å². The first-order chi connectivity index (χ1) is 9.61. The number of nitrogens with zero attached hydrogens (tertiary/aromatic N) is 2. The van der Waals surface area contributed by atoms with Crippen LogP contribution in [0.5, 0.6) is 0 Å². The predicted molar refractivity (Wildman–Crippen MR) is 80.5 cm³/mol. The minimum absolute atomic E-state index is 0.119. The Hall–Kier alpha value is -1.39. The van der Waals surface area contributed by atoms with Crippen molar-refractivity contribution in [2.45, 2.75) is 57.2 Å². The summed E-state index contributed by atoms with van der Waals surface area (Å²) < 4.78 is 2.01. The van der Waals surface area contributed by atoms with Gasteiger partial charge in [-0.1, -0.05) is 18.2 Å². The highest BCUT2D eigenvalue weighted by Gasteiger charge is 2.34. The summed E-state index contributed by atoms with van der Waals surface area (Å²) in [7, 11) is 0. The van der Waals surface area contributed by atoms with E-state index in [9.17, 15) is 5.11 Å². The van der Waals surface area contributed by atoms with Gasteiger partial charge in [0.25, 0.3) is 0 Å². The number of hydrogen-bond acceptors (Lipinski definition) is 3. The van der Waals surface area contributed by atoms with Crippen LogP contribution in [0.3, 0.4) is 0 Å². The van der Waals surface area contributed by atoms with E-state index < -0.39 is 5.60 Å². The molecule has 1 heterocycles. The number of para-hydroxylation sites is 1. The summed E-state index contributed by atoms with van der Waals surface area (Å²) in [4.78, 5) is 0. The molecule has 3 N–H and O–H groups in total. The van der Waals surface area contributed by atoms with Crippen LogP contribution >= 0.6 is 0 Å². The summed E-state index contributed by atoms with van der Waals surface area (Å²) in [5, 5.41) is 16.6. The van der Waals surface area contributed by atoms with Crippen LogP contribution in [-0.4, -0.2) is 26.5 Å². The maximum Gasteiger partial charge on any atom is 0.0732 e. The van der Waals surface area contributed by atoms with Gasteiger partial charge in [0, 0.05) is 24.4 Å². The van der Waals surface area contributed by atoms with E-state index in [4.69, 9.17) is 5.73 Å². The fraction of sp³-hybridized carbons (Fsp3) is 0.562. The minimum atomic E-state index is -0.687. The first-order valence-electron chi connectivity index (χ1n) is 7.54. The molecule has 1 aromatic carbocycles. The van der Waals surface area contributed by atoms with Crippen molar-refractivity contribution in [3.8, 4) is 0 Å². The normalized spacial score (nSPS) is 27.1. The van der Waals surface area contributed by atoms with Crippen molar-refractivity contribution in [1.29, 1.82) is 0 Å². The highest BCUT2D eigenvalue weighted by molar-refractivity contribution is 5.82. The van der Waals surface area contributed by atoms with Crippen LogP contribution < -0.4 is 5.73 Å². The van der Waals surface area contributed by atoms with Crippen molar-refractivity contribution in [3.05, 3.63) is 30.0 Å². The van der Waals surface area contributed by atoms with Crippen LogP contribution in [-0.2, 0) is 13.0 Å². The van der Waals surface area contributed by atoms with E-state index in [1.165, 1.54) is 0 Å². The number of fused-ring (bicyclic) bond motifs is 1. The van der Waals surface area contributed by atoms with E-state index >= 15 is 0 Å². The molecule has 1 fully saturated rings. The summed E-state index contributed by atoms with van der Waals surface area (Å²) in [6, 6.07) is 8.37. The Balaban J connectivity index is 1.94. The molecule has 20 heavy (non-hydrogen) atoms. The fourth-order valence-electron chi connectivity index (χ4n) is 3.43. The number of aromatic nitrogens is 2. The van der Waals surface area contributed by atoms with Gasteiger partial charge < -0.3 is 10.8 Å². The van der Waals surface area contributed by atoms with Gasteiger partial charge in [-0.3, -0.25) is 4.68 Å². The Bertz CT molecular complexity index is 607. The summed E-state index contributed by atoms with van der Waals surface area (Å²) in [5.74, 6) is 0. The number of nitrogens with two attached hydrogens (primary N) is 1. The number of aryl methyl sites for hydroxylation is 1. The quantitative estimate of drug-likeness (QED) is 0.901. The van der Waals surface area contributed by atoms with Crippen molar-refractivity contribution < 1.29 is 5.11 Å². The molecule has 0 spiro atoms. The largest absolute Gasteiger partial charge is 0.389 e. The van der Waals surface area contributed by atoms with Gasteiger partial charge in [-0.2, -0.15) is 5.10 Å². The molecule has 2 aromatic rings. The number of aliphatic hydroxyl groups is 1. The van der Waals surface area contributed by atoms with Gasteiger partial charge in [-0.25, -0.2) is 0 Å². The molecule has 1 aromatic heterocycles. The minimum Gasteiger partial charge on any atom is -0.389 e. The van der Waals surface area contributed by atoms with Crippen molar-refractivity contribution in [2.24, 2.45) is 5.73 Å². The molecule has 1 saturated carbocycles. The highest BCUT2D eigenvalue weighted by Crippen LogP contribution is 2.32. The molecule has 0 saturated heterocycles. The lowest BCUT2D eigenvalue weighted by atomic mass is 9.79. The molecule has 1 aliphatic rings. The van der Waals surface area contributed by atoms with Gasteiger partial charge in [0.05, 0.1) is 16.8 Å². The average Bonchev–Trinajstić information content (AvgIpc) is 2.76. The molecule has 0 amide bonds. The fourth-order valence-corrected chi connectivity index (χ4v) is 3.43. The lowest BCUT2D eigenvalue weighted by molar-refractivity contribution is -0.00255. The summed E-state index contributed by atoms with van der Waals surface area (Å²) in [6.45, 7) is 2.94. The lowest BCUT2D eigenvalue weighted by Gasteiger charge is -2.35. The molecule has 0 bridgehead atoms. The third kappa shape index (κ3) is 2.45.